The van der Waals surface area contributed by atoms with E-state index in [4.69, 9.17) is 5.73 Å². The summed E-state index contributed by atoms with van der Waals surface area (Å²) in [4.78, 5) is 21.5. The van der Waals surface area contributed by atoms with Crippen LogP contribution in [0.4, 0.5) is 5.69 Å². The maximum atomic E-state index is 11.0. The average Bonchev–Trinajstić information content (AvgIpc) is 2.17. The zero-order valence-corrected chi connectivity index (χ0v) is 9.70. The summed E-state index contributed by atoms with van der Waals surface area (Å²) < 4.78 is 0. The molecule has 0 aromatic heterocycles. The van der Waals surface area contributed by atoms with Gasteiger partial charge in [-0.25, -0.2) is 0 Å². The van der Waals surface area contributed by atoms with Gasteiger partial charge in [0.1, 0.15) is 0 Å². The van der Waals surface area contributed by atoms with Gasteiger partial charge in [-0.15, -0.1) is 0 Å². The van der Waals surface area contributed by atoms with Crippen molar-refractivity contribution < 1.29 is 9.59 Å². The summed E-state index contributed by atoms with van der Waals surface area (Å²) in [7, 11) is 0. The van der Waals surface area contributed by atoms with Crippen molar-refractivity contribution in [2.75, 3.05) is 5.32 Å². The highest BCUT2D eigenvalue weighted by Gasteiger charge is 2.13. The second-order valence-electron chi connectivity index (χ2n) is 4.65. The second kappa shape index (κ2) is 4.35. The van der Waals surface area contributed by atoms with Crippen molar-refractivity contribution in [3.05, 3.63) is 29.8 Å². The molecule has 0 atom stereocenters. The Bertz CT molecular complexity index is 402. The first-order valence-electron chi connectivity index (χ1n) is 5.02. The SMILES string of the molecule is CC(C)(C)c1ccc(NC(=O)C(N)=O)cc1. The maximum absolute atomic E-state index is 11.0. The number of hydrogen-bond donors (Lipinski definition) is 2. The summed E-state index contributed by atoms with van der Waals surface area (Å²) in [6.45, 7) is 6.30. The van der Waals surface area contributed by atoms with E-state index in [9.17, 15) is 9.59 Å². The van der Waals surface area contributed by atoms with Crippen LogP contribution in [0.2, 0.25) is 0 Å². The number of nitrogens with one attached hydrogen (secondary N) is 1. The van der Waals surface area contributed by atoms with Gasteiger partial charge < -0.3 is 11.1 Å². The standard InChI is InChI=1S/C12H16N2O2/c1-12(2,3)8-4-6-9(7-5-8)14-11(16)10(13)15/h4-7H,1-3H3,(H2,13,15)(H,14,16). The summed E-state index contributed by atoms with van der Waals surface area (Å²) in [5.41, 5.74) is 6.62. The fraction of sp³-hybridized carbons (Fsp3) is 0.333. The molecule has 0 fully saturated rings. The van der Waals surface area contributed by atoms with E-state index in [0.29, 0.717) is 5.69 Å². The smallest absolute Gasteiger partial charge is 0.313 e. The highest BCUT2D eigenvalue weighted by atomic mass is 16.2. The van der Waals surface area contributed by atoms with Gasteiger partial charge in [0.25, 0.3) is 0 Å². The molecule has 0 aliphatic rings. The molecule has 4 nitrogen and oxygen atoms in total. The second-order valence-corrected chi connectivity index (χ2v) is 4.65. The number of carbonyl (C=O) groups is 2. The van der Waals surface area contributed by atoms with Gasteiger partial charge in [-0.05, 0) is 23.1 Å². The number of benzene rings is 1. The lowest BCUT2D eigenvalue weighted by Gasteiger charge is -2.19. The third-order valence-corrected chi connectivity index (χ3v) is 2.23. The van der Waals surface area contributed by atoms with E-state index in [0.717, 1.165) is 5.56 Å². The molecule has 0 aliphatic carbocycles. The Hall–Kier alpha value is -1.84. The minimum absolute atomic E-state index is 0.0617. The van der Waals surface area contributed by atoms with Crippen molar-refractivity contribution in [2.24, 2.45) is 5.73 Å². The Balaban J connectivity index is 2.80. The summed E-state index contributed by atoms with van der Waals surface area (Å²) in [5.74, 6) is -1.79. The van der Waals surface area contributed by atoms with Crippen molar-refractivity contribution in [1.82, 2.24) is 0 Å². The molecule has 0 radical (unpaired) electrons. The summed E-state index contributed by atoms with van der Waals surface area (Å²) in [5, 5.41) is 2.41. The zero-order valence-electron chi connectivity index (χ0n) is 9.70. The molecule has 1 aromatic rings. The number of hydrogen-bond acceptors (Lipinski definition) is 2. The quantitative estimate of drug-likeness (QED) is 0.702. The molecule has 1 rings (SSSR count). The molecule has 86 valence electrons. The Morgan fingerprint density at radius 3 is 2.00 bits per heavy atom. The largest absolute Gasteiger partial charge is 0.361 e. The van der Waals surface area contributed by atoms with E-state index in [-0.39, 0.29) is 5.41 Å². The minimum atomic E-state index is -0.986. The predicted molar refractivity (Wildman–Crippen MR) is 63.0 cm³/mol. The van der Waals surface area contributed by atoms with Gasteiger partial charge in [-0.1, -0.05) is 32.9 Å². The highest BCUT2D eigenvalue weighted by molar-refractivity contribution is 6.39. The molecular formula is C12H16N2O2. The number of amides is 2. The van der Waals surface area contributed by atoms with Crippen LogP contribution < -0.4 is 11.1 Å². The molecule has 2 amide bonds. The van der Waals surface area contributed by atoms with E-state index < -0.39 is 11.8 Å². The molecule has 16 heavy (non-hydrogen) atoms. The highest BCUT2D eigenvalue weighted by Crippen LogP contribution is 2.23. The molecule has 0 saturated carbocycles. The number of rotatable bonds is 1. The average molecular weight is 220 g/mol. The molecular weight excluding hydrogens is 204 g/mol. The van der Waals surface area contributed by atoms with E-state index in [1.807, 2.05) is 12.1 Å². The Labute approximate surface area is 94.8 Å². The topological polar surface area (TPSA) is 72.2 Å². The van der Waals surface area contributed by atoms with Crippen LogP contribution in [0.3, 0.4) is 0 Å². The molecule has 0 spiro atoms. The van der Waals surface area contributed by atoms with Crippen molar-refractivity contribution in [3.8, 4) is 0 Å². The zero-order chi connectivity index (χ0) is 12.3. The summed E-state index contributed by atoms with van der Waals surface area (Å²) in [6, 6.07) is 7.33. The van der Waals surface area contributed by atoms with Crippen LogP contribution in [0.15, 0.2) is 24.3 Å². The van der Waals surface area contributed by atoms with Gasteiger partial charge in [0.15, 0.2) is 0 Å². The van der Waals surface area contributed by atoms with Crippen LogP contribution in [0.1, 0.15) is 26.3 Å². The van der Waals surface area contributed by atoms with E-state index in [2.05, 4.69) is 26.1 Å². The third kappa shape index (κ3) is 3.08. The van der Waals surface area contributed by atoms with Gasteiger partial charge >= 0.3 is 11.8 Å². The van der Waals surface area contributed by atoms with Crippen molar-refractivity contribution in [3.63, 3.8) is 0 Å². The first-order valence-corrected chi connectivity index (χ1v) is 5.02. The van der Waals surface area contributed by atoms with Crippen molar-refractivity contribution in [2.45, 2.75) is 26.2 Å². The number of carbonyl (C=O) groups excluding carboxylic acids is 2. The number of anilines is 1. The van der Waals surface area contributed by atoms with Crippen LogP contribution in [-0.4, -0.2) is 11.8 Å². The predicted octanol–water partition coefficient (Wildman–Crippen LogP) is 1.41. The molecule has 0 unspecified atom stereocenters. The molecule has 4 heteroatoms. The summed E-state index contributed by atoms with van der Waals surface area (Å²) in [6.07, 6.45) is 0. The van der Waals surface area contributed by atoms with Gasteiger partial charge in [-0.3, -0.25) is 9.59 Å². The number of primary amides is 1. The van der Waals surface area contributed by atoms with Crippen LogP contribution in [0.5, 0.6) is 0 Å². The van der Waals surface area contributed by atoms with Crippen LogP contribution in [-0.2, 0) is 15.0 Å². The molecule has 0 heterocycles. The molecule has 0 saturated heterocycles. The lowest BCUT2D eigenvalue weighted by Crippen LogP contribution is -2.29. The van der Waals surface area contributed by atoms with Crippen molar-refractivity contribution in [1.29, 1.82) is 0 Å². The fourth-order valence-electron chi connectivity index (χ4n) is 1.25. The molecule has 1 aromatic carbocycles. The monoisotopic (exact) mass is 220 g/mol. The van der Waals surface area contributed by atoms with Gasteiger partial charge in [-0.2, -0.15) is 0 Å². The molecule has 0 bridgehead atoms. The van der Waals surface area contributed by atoms with Crippen molar-refractivity contribution >= 4 is 17.5 Å². The maximum Gasteiger partial charge on any atom is 0.313 e. The normalized spacial score (nSPS) is 10.9. The number of nitrogens with two attached hydrogens (primary N) is 1. The Kier molecular flexibility index (Phi) is 3.32. The third-order valence-electron chi connectivity index (χ3n) is 2.23. The summed E-state index contributed by atoms with van der Waals surface area (Å²) >= 11 is 0. The van der Waals surface area contributed by atoms with E-state index >= 15 is 0 Å². The minimum Gasteiger partial charge on any atom is -0.361 e. The van der Waals surface area contributed by atoms with Gasteiger partial charge in [0.2, 0.25) is 0 Å². The van der Waals surface area contributed by atoms with Crippen LogP contribution in [0, 0.1) is 0 Å². The molecule has 3 N–H and O–H groups in total. The van der Waals surface area contributed by atoms with Crippen LogP contribution >= 0.6 is 0 Å². The fourth-order valence-corrected chi connectivity index (χ4v) is 1.25. The van der Waals surface area contributed by atoms with Crippen LogP contribution in [0.25, 0.3) is 0 Å². The first kappa shape index (κ1) is 12.2. The first-order chi connectivity index (χ1) is 7.30. The van der Waals surface area contributed by atoms with Gasteiger partial charge in [0.05, 0.1) is 0 Å². The molecule has 0 aliphatic heterocycles. The Morgan fingerprint density at radius 1 is 1.12 bits per heavy atom. The lowest BCUT2D eigenvalue weighted by atomic mass is 9.87. The van der Waals surface area contributed by atoms with E-state index in [1.165, 1.54) is 0 Å². The lowest BCUT2D eigenvalue weighted by molar-refractivity contribution is -0.134. The Morgan fingerprint density at radius 2 is 1.62 bits per heavy atom. The van der Waals surface area contributed by atoms with Gasteiger partial charge in [0, 0.05) is 5.69 Å². The van der Waals surface area contributed by atoms with E-state index in [1.54, 1.807) is 12.1 Å².